The summed E-state index contributed by atoms with van der Waals surface area (Å²) in [5, 5.41) is 0. The van der Waals surface area contributed by atoms with Gasteiger partial charge in [0.1, 0.15) is 5.82 Å². The molecule has 1 heterocycles. The molecule has 12 heavy (non-hydrogen) atoms. The van der Waals surface area contributed by atoms with E-state index in [1.54, 1.807) is 13.0 Å². The maximum Gasteiger partial charge on any atom is 0.126 e. The Kier molecular flexibility index (Phi) is 1.85. The van der Waals surface area contributed by atoms with E-state index in [0.717, 1.165) is 18.6 Å². The highest BCUT2D eigenvalue weighted by Gasteiger charge is 2.22. The molecule has 0 radical (unpaired) electrons. The summed E-state index contributed by atoms with van der Waals surface area (Å²) >= 11 is 0. The Balaban J connectivity index is 2.15. The van der Waals surface area contributed by atoms with Gasteiger partial charge in [0.25, 0.3) is 0 Å². The molecule has 64 valence electrons. The van der Waals surface area contributed by atoms with E-state index in [1.165, 1.54) is 0 Å². The zero-order valence-corrected chi connectivity index (χ0v) is 7.01. The second kappa shape index (κ2) is 2.87. The topological polar surface area (TPSA) is 12.5 Å². The quantitative estimate of drug-likeness (QED) is 0.613. The highest BCUT2D eigenvalue weighted by molar-refractivity contribution is 5.24. The van der Waals surface area contributed by atoms with Gasteiger partial charge >= 0.3 is 0 Å². The molecule has 1 atom stereocenters. The van der Waals surface area contributed by atoms with Crippen LogP contribution in [0.4, 0.5) is 4.39 Å². The van der Waals surface area contributed by atoms with E-state index in [0.29, 0.717) is 11.7 Å². The van der Waals surface area contributed by atoms with E-state index in [2.05, 4.69) is 0 Å². The molecule has 2 heteroatoms. The Bertz CT molecular complexity index is 292. The largest absolute Gasteiger partial charge is 0.373 e. The van der Waals surface area contributed by atoms with Crippen LogP contribution in [-0.2, 0) is 11.2 Å². The van der Waals surface area contributed by atoms with E-state index >= 15 is 0 Å². The fraction of sp³-hybridized carbons (Fsp3) is 0.400. The van der Waals surface area contributed by atoms with Crippen molar-refractivity contribution in [2.45, 2.75) is 19.4 Å². The number of halogens is 1. The zero-order valence-electron chi connectivity index (χ0n) is 7.01. The van der Waals surface area contributed by atoms with Crippen LogP contribution in [0.1, 0.15) is 11.1 Å². The van der Waals surface area contributed by atoms with E-state index in [-0.39, 0.29) is 5.82 Å². The number of aryl methyl sites for hydroxylation is 1. The highest BCUT2D eigenvalue weighted by atomic mass is 19.1. The van der Waals surface area contributed by atoms with E-state index in [1.807, 2.05) is 12.1 Å². The fourth-order valence-corrected chi connectivity index (χ4v) is 1.21. The molecule has 0 aromatic heterocycles. The van der Waals surface area contributed by atoms with Crippen molar-refractivity contribution in [1.82, 2.24) is 0 Å². The summed E-state index contributed by atoms with van der Waals surface area (Å²) in [6.07, 6.45) is 1.18. The van der Waals surface area contributed by atoms with Crippen molar-refractivity contribution in [3.8, 4) is 0 Å². The normalized spacial score (nSPS) is 21.0. The molecule has 0 bridgehead atoms. The van der Waals surface area contributed by atoms with Crippen LogP contribution in [0.5, 0.6) is 0 Å². The van der Waals surface area contributed by atoms with Gasteiger partial charge < -0.3 is 4.74 Å². The monoisotopic (exact) mass is 166 g/mol. The average Bonchev–Trinajstić information content (AvgIpc) is 2.81. The van der Waals surface area contributed by atoms with Crippen molar-refractivity contribution in [3.05, 3.63) is 35.1 Å². The maximum atomic E-state index is 13.0. The van der Waals surface area contributed by atoms with Gasteiger partial charge in [-0.25, -0.2) is 4.39 Å². The lowest BCUT2D eigenvalue weighted by atomic mass is 10.1. The van der Waals surface area contributed by atoms with Gasteiger partial charge in [-0.3, -0.25) is 0 Å². The van der Waals surface area contributed by atoms with Gasteiger partial charge in [-0.15, -0.1) is 0 Å². The van der Waals surface area contributed by atoms with Crippen LogP contribution in [0.2, 0.25) is 0 Å². The van der Waals surface area contributed by atoms with E-state index in [4.69, 9.17) is 4.74 Å². The summed E-state index contributed by atoms with van der Waals surface area (Å²) < 4.78 is 18.1. The van der Waals surface area contributed by atoms with Gasteiger partial charge in [0.05, 0.1) is 12.7 Å². The molecule has 0 spiro atoms. The van der Waals surface area contributed by atoms with Crippen molar-refractivity contribution in [1.29, 1.82) is 0 Å². The second-order valence-electron chi connectivity index (χ2n) is 3.24. The standard InChI is InChI=1S/C10H11FO/c1-7-2-3-8(5-10(7)11)4-9-6-12-9/h2-3,5,9H,4,6H2,1H3. The molecule has 0 saturated carbocycles. The SMILES string of the molecule is Cc1ccc(CC2CO2)cc1F. The third-order valence-corrected chi connectivity index (χ3v) is 2.10. The van der Waals surface area contributed by atoms with E-state index < -0.39 is 0 Å². The minimum Gasteiger partial charge on any atom is -0.373 e. The third-order valence-electron chi connectivity index (χ3n) is 2.10. The summed E-state index contributed by atoms with van der Waals surface area (Å²) in [4.78, 5) is 0. The van der Waals surface area contributed by atoms with Gasteiger partial charge in [-0.05, 0) is 24.1 Å². The molecule has 1 aliphatic heterocycles. The average molecular weight is 166 g/mol. The van der Waals surface area contributed by atoms with Crippen molar-refractivity contribution >= 4 is 0 Å². The van der Waals surface area contributed by atoms with Crippen LogP contribution >= 0.6 is 0 Å². The zero-order chi connectivity index (χ0) is 8.55. The summed E-state index contributed by atoms with van der Waals surface area (Å²) in [6, 6.07) is 5.37. The molecule has 1 unspecified atom stereocenters. The van der Waals surface area contributed by atoms with Crippen LogP contribution in [-0.4, -0.2) is 12.7 Å². The highest BCUT2D eigenvalue weighted by Crippen LogP contribution is 2.17. The van der Waals surface area contributed by atoms with E-state index in [9.17, 15) is 4.39 Å². The Labute approximate surface area is 71.2 Å². The molecule has 0 N–H and O–H groups in total. The second-order valence-corrected chi connectivity index (χ2v) is 3.24. The van der Waals surface area contributed by atoms with Gasteiger partial charge in [0, 0.05) is 6.42 Å². The Morgan fingerprint density at radius 1 is 1.58 bits per heavy atom. The molecular weight excluding hydrogens is 155 g/mol. The lowest BCUT2D eigenvalue weighted by Crippen LogP contribution is -1.94. The van der Waals surface area contributed by atoms with Crippen LogP contribution in [0.25, 0.3) is 0 Å². The van der Waals surface area contributed by atoms with Gasteiger partial charge in [0.15, 0.2) is 0 Å². The summed E-state index contributed by atoms with van der Waals surface area (Å²) in [6.45, 7) is 2.60. The number of rotatable bonds is 2. The van der Waals surface area contributed by atoms with Gasteiger partial charge in [-0.2, -0.15) is 0 Å². The van der Waals surface area contributed by atoms with Gasteiger partial charge in [0.2, 0.25) is 0 Å². The van der Waals surface area contributed by atoms with Crippen molar-refractivity contribution < 1.29 is 9.13 Å². The Morgan fingerprint density at radius 2 is 2.33 bits per heavy atom. The number of hydrogen-bond donors (Lipinski definition) is 0. The van der Waals surface area contributed by atoms with Crippen LogP contribution in [0, 0.1) is 12.7 Å². The molecule has 1 nitrogen and oxygen atoms in total. The summed E-state index contributed by atoms with van der Waals surface area (Å²) in [5.74, 6) is -0.117. The molecule has 1 fully saturated rings. The first-order valence-corrected chi connectivity index (χ1v) is 4.12. The Hall–Kier alpha value is -0.890. The molecule has 2 rings (SSSR count). The number of benzene rings is 1. The molecular formula is C10H11FO. The van der Waals surface area contributed by atoms with Crippen LogP contribution in [0.3, 0.4) is 0 Å². The van der Waals surface area contributed by atoms with Crippen molar-refractivity contribution in [2.24, 2.45) is 0 Å². The maximum absolute atomic E-state index is 13.0. The molecule has 0 amide bonds. The predicted octanol–water partition coefficient (Wildman–Crippen LogP) is 2.08. The smallest absolute Gasteiger partial charge is 0.126 e. The number of ether oxygens (including phenoxy) is 1. The number of epoxide rings is 1. The Morgan fingerprint density at radius 3 is 2.92 bits per heavy atom. The lowest BCUT2D eigenvalue weighted by Gasteiger charge is -2.00. The molecule has 0 aliphatic carbocycles. The third kappa shape index (κ3) is 1.64. The van der Waals surface area contributed by atoms with Crippen LogP contribution in [0.15, 0.2) is 18.2 Å². The fourth-order valence-electron chi connectivity index (χ4n) is 1.21. The predicted molar refractivity (Wildman–Crippen MR) is 44.6 cm³/mol. The van der Waals surface area contributed by atoms with Crippen molar-refractivity contribution in [2.75, 3.05) is 6.61 Å². The minimum absolute atomic E-state index is 0.117. The first-order chi connectivity index (χ1) is 5.75. The summed E-state index contributed by atoms with van der Waals surface area (Å²) in [7, 11) is 0. The molecule has 1 aromatic carbocycles. The summed E-state index contributed by atoms with van der Waals surface area (Å²) in [5.41, 5.74) is 1.73. The molecule has 1 saturated heterocycles. The molecule has 1 aromatic rings. The number of hydrogen-bond acceptors (Lipinski definition) is 1. The minimum atomic E-state index is -0.117. The first kappa shape index (κ1) is 7.74. The van der Waals surface area contributed by atoms with Gasteiger partial charge in [-0.1, -0.05) is 12.1 Å². The van der Waals surface area contributed by atoms with Crippen molar-refractivity contribution in [3.63, 3.8) is 0 Å². The lowest BCUT2D eigenvalue weighted by molar-refractivity contribution is 0.407. The first-order valence-electron chi connectivity index (χ1n) is 4.12. The van der Waals surface area contributed by atoms with Crippen LogP contribution < -0.4 is 0 Å². The molecule has 1 aliphatic rings.